The van der Waals surface area contributed by atoms with Crippen molar-refractivity contribution >= 4 is 11.7 Å². The summed E-state index contributed by atoms with van der Waals surface area (Å²) in [5, 5.41) is 6.16. The highest BCUT2D eigenvalue weighted by Gasteiger charge is 2.23. The first-order valence-electron chi connectivity index (χ1n) is 10.2. The molecule has 1 aromatic heterocycles. The van der Waals surface area contributed by atoms with E-state index in [1.54, 1.807) is 6.20 Å². The number of rotatable bonds is 7. The molecule has 0 bridgehead atoms. The van der Waals surface area contributed by atoms with E-state index < -0.39 is 0 Å². The Bertz CT molecular complexity index is 766. The molecular formula is C22H28N4O2. The molecule has 4 rings (SSSR count). The van der Waals surface area contributed by atoms with Crippen LogP contribution in [-0.2, 0) is 6.42 Å². The number of carbonyl (C=O) groups excluding carboxylic acids is 1. The lowest BCUT2D eigenvalue weighted by Gasteiger charge is -2.27. The second-order valence-corrected chi connectivity index (χ2v) is 7.50. The minimum Gasteiger partial charge on any atom is -0.494 e. The average molecular weight is 380 g/mol. The normalized spacial score (nSPS) is 16.6. The SMILES string of the molecule is O=C(Nc1ccc(CCCOc2ccc(C3CC3)cc2)nc1)N1CCNCC1. The van der Waals surface area contributed by atoms with Crippen LogP contribution in [0, 0.1) is 0 Å². The summed E-state index contributed by atoms with van der Waals surface area (Å²) < 4.78 is 5.83. The van der Waals surface area contributed by atoms with Gasteiger partial charge in [-0.2, -0.15) is 0 Å². The smallest absolute Gasteiger partial charge is 0.321 e. The van der Waals surface area contributed by atoms with Gasteiger partial charge in [-0.05, 0) is 61.4 Å². The molecule has 1 aliphatic carbocycles. The first-order chi connectivity index (χ1) is 13.8. The maximum atomic E-state index is 12.2. The van der Waals surface area contributed by atoms with Crippen LogP contribution in [0.15, 0.2) is 42.6 Å². The van der Waals surface area contributed by atoms with Crippen molar-refractivity contribution in [1.29, 1.82) is 0 Å². The monoisotopic (exact) mass is 380 g/mol. The lowest BCUT2D eigenvalue weighted by Crippen LogP contribution is -2.48. The third-order valence-electron chi connectivity index (χ3n) is 5.26. The highest BCUT2D eigenvalue weighted by molar-refractivity contribution is 5.89. The zero-order chi connectivity index (χ0) is 19.2. The molecule has 2 heterocycles. The van der Waals surface area contributed by atoms with Crippen LogP contribution in [-0.4, -0.2) is 48.7 Å². The molecule has 0 unspecified atom stereocenters. The van der Waals surface area contributed by atoms with E-state index >= 15 is 0 Å². The molecule has 1 aromatic carbocycles. The molecular weight excluding hydrogens is 352 g/mol. The third kappa shape index (κ3) is 5.23. The number of pyridine rings is 1. The van der Waals surface area contributed by atoms with Gasteiger partial charge < -0.3 is 20.3 Å². The molecule has 2 fully saturated rings. The van der Waals surface area contributed by atoms with Gasteiger partial charge in [-0.15, -0.1) is 0 Å². The van der Waals surface area contributed by atoms with Crippen molar-refractivity contribution in [2.75, 3.05) is 38.1 Å². The van der Waals surface area contributed by atoms with E-state index in [9.17, 15) is 4.79 Å². The van der Waals surface area contributed by atoms with Gasteiger partial charge in [0.2, 0.25) is 0 Å². The first kappa shape index (κ1) is 18.7. The molecule has 0 atom stereocenters. The lowest BCUT2D eigenvalue weighted by molar-refractivity contribution is 0.204. The van der Waals surface area contributed by atoms with Gasteiger partial charge >= 0.3 is 6.03 Å². The molecule has 1 aliphatic heterocycles. The van der Waals surface area contributed by atoms with Gasteiger partial charge in [-0.3, -0.25) is 4.98 Å². The number of benzene rings is 1. The summed E-state index contributed by atoms with van der Waals surface area (Å²) in [4.78, 5) is 18.5. The molecule has 6 nitrogen and oxygen atoms in total. The van der Waals surface area contributed by atoms with Crippen molar-refractivity contribution in [3.8, 4) is 5.75 Å². The van der Waals surface area contributed by atoms with Crippen molar-refractivity contribution in [3.63, 3.8) is 0 Å². The lowest BCUT2D eigenvalue weighted by atomic mass is 10.1. The molecule has 6 heteroatoms. The summed E-state index contributed by atoms with van der Waals surface area (Å²) in [7, 11) is 0. The van der Waals surface area contributed by atoms with Crippen molar-refractivity contribution in [3.05, 3.63) is 53.9 Å². The first-order valence-corrected chi connectivity index (χ1v) is 10.2. The molecule has 0 spiro atoms. The number of hydrogen-bond donors (Lipinski definition) is 2. The van der Waals surface area contributed by atoms with Crippen LogP contribution >= 0.6 is 0 Å². The Labute approximate surface area is 166 Å². The Kier molecular flexibility index (Phi) is 6.07. The fourth-order valence-corrected chi connectivity index (χ4v) is 3.41. The van der Waals surface area contributed by atoms with E-state index in [0.29, 0.717) is 6.61 Å². The van der Waals surface area contributed by atoms with E-state index in [2.05, 4.69) is 39.9 Å². The number of anilines is 1. The molecule has 2 N–H and O–H groups in total. The zero-order valence-corrected chi connectivity index (χ0v) is 16.2. The van der Waals surface area contributed by atoms with Gasteiger partial charge in [0.05, 0.1) is 18.5 Å². The van der Waals surface area contributed by atoms with E-state index in [0.717, 1.165) is 62.1 Å². The van der Waals surface area contributed by atoms with E-state index in [1.165, 1.54) is 18.4 Å². The highest BCUT2D eigenvalue weighted by atomic mass is 16.5. The minimum atomic E-state index is -0.0582. The maximum absolute atomic E-state index is 12.2. The van der Waals surface area contributed by atoms with E-state index in [4.69, 9.17) is 4.74 Å². The van der Waals surface area contributed by atoms with Crippen LogP contribution < -0.4 is 15.4 Å². The van der Waals surface area contributed by atoms with Gasteiger partial charge in [0, 0.05) is 31.9 Å². The molecule has 2 amide bonds. The molecule has 2 aliphatic rings. The van der Waals surface area contributed by atoms with Gasteiger partial charge in [0.1, 0.15) is 5.75 Å². The summed E-state index contributed by atoms with van der Waals surface area (Å²) in [6.07, 6.45) is 6.14. The standard InChI is InChI=1S/C22H28N4O2/c27-22(26-13-11-23-12-14-26)25-20-8-7-19(24-16-20)2-1-15-28-21-9-5-18(6-10-21)17-3-4-17/h5-10,16-17,23H,1-4,11-15H2,(H,25,27). The Balaban J connectivity index is 1.17. The van der Waals surface area contributed by atoms with Crippen molar-refractivity contribution in [2.24, 2.45) is 0 Å². The number of nitrogens with one attached hydrogen (secondary N) is 2. The Morgan fingerprint density at radius 3 is 2.61 bits per heavy atom. The number of aryl methyl sites for hydroxylation is 1. The maximum Gasteiger partial charge on any atom is 0.321 e. The number of amides is 2. The van der Waals surface area contributed by atoms with Crippen LogP contribution in [0.4, 0.5) is 10.5 Å². The fourth-order valence-electron chi connectivity index (χ4n) is 3.41. The molecule has 1 saturated carbocycles. The minimum absolute atomic E-state index is 0.0582. The fraction of sp³-hybridized carbons (Fsp3) is 0.455. The van der Waals surface area contributed by atoms with Crippen LogP contribution in [0.2, 0.25) is 0 Å². The third-order valence-corrected chi connectivity index (χ3v) is 5.26. The summed E-state index contributed by atoms with van der Waals surface area (Å²) in [6, 6.07) is 12.3. The molecule has 28 heavy (non-hydrogen) atoms. The van der Waals surface area contributed by atoms with Gasteiger partial charge in [0.25, 0.3) is 0 Å². The molecule has 0 radical (unpaired) electrons. The predicted molar refractivity (Wildman–Crippen MR) is 110 cm³/mol. The number of nitrogens with zero attached hydrogens (tertiary/aromatic N) is 2. The molecule has 1 saturated heterocycles. The van der Waals surface area contributed by atoms with E-state index in [-0.39, 0.29) is 6.03 Å². The van der Waals surface area contributed by atoms with Crippen molar-refractivity contribution in [2.45, 2.75) is 31.6 Å². The van der Waals surface area contributed by atoms with Crippen molar-refractivity contribution < 1.29 is 9.53 Å². The van der Waals surface area contributed by atoms with Gasteiger partial charge in [-0.25, -0.2) is 4.79 Å². The molecule has 148 valence electrons. The number of ether oxygens (including phenoxy) is 1. The van der Waals surface area contributed by atoms with E-state index in [1.807, 2.05) is 17.0 Å². The number of piperazine rings is 1. The Hall–Kier alpha value is -2.60. The van der Waals surface area contributed by atoms with Crippen LogP contribution in [0.1, 0.15) is 36.4 Å². The van der Waals surface area contributed by atoms with Crippen LogP contribution in [0.5, 0.6) is 5.75 Å². The summed E-state index contributed by atoms with van der Waals surface area (Å²) in [5.74, 6) is 1.72. The largest absolute Gasteiger partial charge is 0.494 e. The summed E-state index contributed by atoms with van der Waals surface area (Å²) in [5.41, 5.74) is 3.17. The summed E-state index contributed by atoms with van der Waals surface area (Å²) in [6.45, 7) is 3.84. The average Bonchev–Trinajstić information content (AvgIpc) is 3.59. The number of hydrogen-bond acceptors (Lipinski definition) is 4. The second-order valence-electron chi connectivity index (χ2n) is 7.50. The zero-order valence-electron chi connectivity index (χ0n) is 16.2. The predicted octanol–water partition coefficient (Wildman–Crippen LogP) is 3.41. The number of urea groups is 1. The Morgan fingerprint density at radius 1 is 1.14 bits per heavy atom. The highest BCUT2D eigenvalue weighted by Crippen LogP contribution is 2.40. The number of carbonyl (C=O) groups is 1. The Morgan fingerprint density at radius 2 is 1.93 bits per heavy atom. The second kappa shape index (κ2) is 9.06. The topological polar surface area (TPSA) is 66.5 Å². The van der Waals surface area contributed by atoms with Crippen molar-refractivity contribution in [1.82, 2.24) is 15.2 Å². The summed E-state index contributed by atoms with van der Waals surface area (Å²) >= 11 is 0. The van der Waals surface area contributed by atoms with Gasteiger partial charge in [0.15, 0.2) is 0 Å². The van der Waals surface area contributed by atoms with Gasteiger partial charge in [-0.1, -0.05) is 12.1 Å². The quantitative estimate of drug-likeness (QED) is 0.723. The van der Waals surface area contributed by atoms with Crippen LogP contribution in [0.3, 0.4) is 0 Å². The number of aromatic nitrogens is 1. The molecule has 2 aromatic rings. The van der Waals surface area contributed by atoms with Crippen LogP contribution in [0.25, 0.3) is 0 Å².